The molecule has 0 fully saturated rings. The molecule has 1 aromatic carbocycles. The molecule has 0 radical (unpaired) electrons. The first kappa shape index (κ1) is 17.2. The van der Waals surface area contributed by atoms with E-state index < -0.39 is 0 Å². The lowest BCUT2D eigenvalue weighted by Crippen LogP contribution is -2.35. The molecular formula is C17H24N4O2. The summed E-state index contributed by atoms with van der Waals surface area (Å²) >= 11 is 0. The summed E-state index contributed by atoms with van der Waals surface area (Å²) in [6.45, 7) is 7.30. The molecule has 0 aliphatic heterocycles. The molecule has 2 N–H and O–H groups in total. The molecule has 2 rings (SSSR count). The summed E-state index contributed by atoms with van der Waals surface area (Å²) in [7, 11) is 0. The third-order valence-corrected chi connectivity index (χ3v) is 3.79. The third kappa shape index (κ3) is 4.18. The van der Waals surface area contributed by atoms with Crippen LogP contribution in [0.1, 0.15) is 18.3 Å². The number of anilines is 1. The molecule has 2 aromatic rings. The average molecular weight is 316 g/mol. The SMILES string of the molecule is CCN(CCO)CC(=O)Nc1c(C)nn(-c2ccccc2)c1C. The van der Waals surface area contributed by atoms with Crippen LogP contribution in [-0.2, 0) is 4.79 Å². The van der Waals surface area contributed by atoms with Gasteiger partial charge in [0.05, 0.1) is 35.9 Å². The Morgan fingerprint density at radius 1 is 1.30 bits per heavy atom. The fourth-order valence-electron chi connectivity index (χ4n) is 2.52. The van der Waals surface area contributed by atoms with Crippen LogP contribution >= 0.6 is 0 Å². The average Bonchev–Trinajstić information content (AvgIpc) is 2.83. The van der Waals surface area contributed by atoms with Crippen LogP contribution < -0.4 is 5.32 Å². The van der Waals surface area contributed by atoms with Crippen molar-refractivity contribution in [2.24, 2.45) is 0 Å². The number of hydrogen-bond acceptors (Lipinski definition) is 4. The molecule has 1 heterocycles. The van der Waals surface area contributed by atoms with Crippen molar-refractivity contribution >= 4 is 11.6 Å². The lowest BCUT2D eigenvalue weighted by Gasteiger charge is -2.18. The minimum Gasteiger partial charge on any atom is -0.395 e. The van der Waals surface area contributed by atoms with Gasteiger partial charge in [-0.05, 0) is 32.5 Å². The van der Waals surface area contributed by atoms with Gasteiger partial charge in [-0.2, -0.15) is 5.10 Å². The highest BCUT2D eigenvalue weighted by atomic mass is 16.3. The van der Waals surface area contributed by atoms with Crippen molar-refractivity contribution in [2.75, 3.05) is 31.6 Å². The highest BCUT2D eigenvalue weighted by molar-refractivity contribution is 5.93. The second kappa shape index (κ2) is 7.89. The summed E-state index contributed by atoms with van der Waals surface area (Å²) in [6, 6.07) is 9.82. The van der Waals surface area contributed by atoms with Gasteiger partial charge in [0.2, 0.25) is 5.91 Å². The number of amides is 1. The van der Waals surface area contributed by atoms with Crippen LogP contribution in [0, 0.1) is 13.8 Å². The Bertz CT molecular complexity index is 652. The topological polar surface area (TPSA) is 70.4 Å². The predicted octanol–water partition coefficient (Wildman–Crippen LogP) is 1.74. The maximum atomic E-state index is 12.2. The number of para-hydroxylation sites is 1. The first-order valence-electron chi connectivity index (χ1n) is 7.81. The Morgan fingerprint density at radius 3 is 2.61 bits per heavy atom. The molecule has 6 heteroatoms. The molecule has 23 heavy (non-hydrogen) atoms. The van der Waals surface area contributed by atoms with Crippen molar-refractivity contribution < 1.29 is 9.90 Å². The van der Waals surface area contributed by atoms with Crippen molar-refractivity contribution in [3.8, 4) is 5.69 Å². The normalized spacial score (nSPS) is 11.0. The Labute approximate surface area is 136 Å². The van der Waals surface area contributed by atoms with E-state index in [1.807, 2.05) is 60.7 Å². The van der Waals surface area contributed by atoms with E-state index in [0.29, 0.717) is 6.54 Å². The summed E-state index contributed by atoms with van der Waals surface area (Å²) < 4.78 is 1.83. The van der Waals surface area contributed by atoms with Gasteiger partial charge in [-0.3, -0.25) is 9.69 Å². The molecule has 6 nitrogen and oxygen atoms in total. The van der Waals surface area contributed by atoms with Crippen molar-refractivity contribution in [1.29, 1.82) is 0 Å². The quantitative estimate of drug-likeness (QED) is 0.816. The van der Waals surface area contributed by atoms with Crippen molar-refractivity contribution in [1.82, 2.24) is 14.7 Å². The predicted molar refractivity (Wildman–Crippen MR) is 90.9 cm³/mol. The number of carbonyl (C=O) groups is 1. The number of aryl methyl sites for hydroxylation is 1. The molecular weight excluding hydrogens is 292 g/mol. The molecule has 0 aliphatic carbocycles. The first-order chi connectivity index (χ1) is 11.1. The van der Waals surface area contributed by atoms with Crippen molar-refractivity contribution in [2.45, 2.75) is 20.8 Å². The van der Waals surface area contributed by atoms with Crippen LogP contribution in [0.25, 0.3) is 5.69 Å². The number of benzene rings is 1. The number of aliphatic hydroxyl groups is 1. The van der Waals surface area contributed by atoms with E-state index in [9.17, 15) is 4.79 Å². The third-order valence-electron chi connectivity index (χ3n) is 3.79. The number of carbonyl (C=O) groups excluding carboxylic acids is 1. The van der Waals surface area contributed by atoms with E-state index in [-0.39, 0.29) is 19.1 Å². The van der Waals surface area contributed by atoms with E-state index in [1.165, 1.54) is 0 Å². The van der Waals surface area contributed by atoms with Gasteiger partial charge in [-0.1, -0.05) is 25.1 Å². The molecule has 0 saturated heterocycles. The lowest BCUT2D eigenvalue weighted by molar-refractivity contribution is -0.117. The Balaban J connectivity index is 2.15. The minimum absolute atomic E-state index is 0.0467. The second-order valence-electron chi connectivity index (χ2n) is 5.43. The van der Waals surface area contributed by atoms with Gasteiger partial charge in [-0.25, -0.2) is 4.68 Å². The van der Waals surface area contributed by atoms with E-state index in [4.69, 9.17) is 5.11 Å². The van der Waals surface area contributed by atoms with Crippen LogP contribution in [0.15, 0.2) is 30.3 Å². The smallest absolute Gasteiger partial charge is 0.238 e. The molecule has 0 atom stereocenters. The van der Waals surface area contributed by atoms with E-state index in [1.54, 1.807) is 0 Å². The second-order valence-corrected chi connectivity index (χ2v) is 5.43. The standard InChI is InChI=1S/C17H24N4O2/c1-4-20(10-11-22)12-16(23)18-17-13(2)19-21(14(17)3)15-8-6-5-7-9-15/h5-9,22H,4,10-12H2,1-3H3,(H,18,23). The summed E-state index contributed by atoms with van der Waals surface area (Å²) in [6.07, 6.45) is 0. The Morgan fingerprint density at radius 2 is 2.00 bits per heavy atom. The van der Waals surface area contributed by atoms with Gasteiger partial charge in [0.25, 0.3) is 0 Å². The van der Waals surface area contributed by atoms with Gasteiger partial charge in [0.1, 0.15) is 0 Å². The maximum Gasteiger partial charge on any atom is 0.238 e. The number of aliphatic hydroxyl groups excluding tert-OH is 1. The van der Waals surface area contributed by atoms with Crippen LogP contribution in [0.4, 0.5) is 5.69 Å². The molecule has 0 spiro atoms. The summed E-state index contributed by atoms with van der Waals surface area (Å²) in [5.41, 5.74) is 3.39. The van der Waals surface area contributed by atoms with E-state index in [0.717, 1.165) is 29.3 Å². The van der Waals surface area contributed by atoms with E-state index >= 15 is 0 Å². The van der Waals surface area contributed by atoms with Crippen LogP contribution in [0.2, 0.25) is 0 Å². The van der Waals surface area contributed by atoms with Crippen molar-refractivity contribution in [3.63, 3.8) is 0 Å². The number of nitrogens with one attached hydrogen (secondary N) is 1. The summed E-state index contributed by atoms with van der Waals surface area (Å²) in [5.74, 6) is -0.0980. The highest BCUT2D eigenvalue weighted by Crippen LogP contribution is 2.22. The van der Waals surface area contributed by atoms with Gasteiger partial charge < -0.3 is 10.4 Å². The van der Waals surface area contributed by atoms with Crippen molar-refractivity contribution in [3.05, 3.63) is 41.7 Å². The maximum absolute atomic E-state index is 12.2. The molecule has 0 bridgehead atoms. The number of aromatic nitrogens is 2. The summed E-state index contributed by atoms with van der Waals surface area (Å²) in [4.78, 5) is 14.1. The first-order valence-corrected chi connectivity index (χ1v) is 7.81. The molecule has 0 aliphatic rings. The van der Waals surface area contributed by atoms with Gasteiger partial charge in [0.15, 0.2) is 0 Å². The minimum atomic E-state index is -0.0980. The molecule has 1 aromatic heterocycles. The monoisotopic (exact) mass is 316 g/mol. The zero-order valence-electron chi connectivity index (χ0n) is 13.9. The van der Waals surface area contributed by atoms with Gasteiger partial charge in [0, 0.05) is 6.54 Å². The molecule has 0 unspecified atom stereocenters. The Hall–Kier alpha value is -2.18. The number of nitrogens with zero attached hydrogens (tertiary/aromatic N) is 3. The van der Waals surface area contributed by atoms with E-state index in [2.05, 4.69) is 10.4 Å². The number of hydrogen-bond donors (Lipinski definition) is 2. The lowest BCUT2D eigenvalue weighted by atomic mass is 10.3. The fourth-order valence-corrected chi connectivity index (χ4v) is 2.52. The highest BCUT2D eigenvalue weighted by Gasteiger charge is 2.16. The van der Waals surface area contributed by atoms with Crippen LogP contribution in [0.3, 0.4) is 0 Å². The number of rotatable bonds is 7. The largest absolute Gasteiger partial charge is 0.395 e. The Kier molecular flexibility index (Phi) is 5.90. The van der Waals surface area contributed by atoms with Gasteiger partial charge >= 0.3 is 0 Å². The summed E-state index contributed by atoms with van der Waals surface area (Å²) in [5, 5.41) is 16.5. The van der Waals surface area contributed by atoms with Gasteiger partial charge in [-0.15, -0.1) is 0 Å². The zero-order valence-corrected chi connectivity index (χ0v) is 13.9. The number of likely N-dealkylation sites (N-methyl/N-ethyl adjacent to an activating group) is 1. The van der Waals surface area contributed by atoms with Crippen LogP contribution in [-0.4, -0.2) is 51.9 Å². The zero-order chi connectivity index (χ0) is 16.8. The van der Waals surface area contributed by atoms with Crippen LogP contribution in [0.5, 0.6) is 0 Å². The molecule has 0 saturated carbocycles. The molecule has 1 amide bonds. The molecule has 124 valence electrons. The fraction of sp³-hybridized carbons (Fsp3) is 0.412.